The average Bonchev–Trinajstić information content (AvgIpc) is 2.59. The molecule has 0 aliphatic rings. The SMILES string of the molecule is COc1cc(OC)c(OC)cc1CN[C@@H](C)c1ccccc1. The van der Waals surface area contributed by atoms with Gasteiger partial charge >= 0.3 is 0 Å². The molecule has 1 atom stereocenters. The second-order valence-corrected chi connectivity index (χ2v) is 5.03. The number of hydrogen-bond donors (Lipinski definition) is 1. The van der Waals surface area contributed by atoms with Gasteiger partial charge < -0.3 is 19.5 Å². The highest BCUT2D eigenvalue weighted by Gasteiger charge is 2.13. The first-order valence-corrected chi connectivity index (χ1v) is 7.26. The van der Waals surface area contributed by atoms with Gasteiger partial charge in [0.1, 0.15) is 5.75 Å². The van der Waals surface area contributed by atoms with E-state index in [4.69, 9.17) is 14.2 Å². The minimum Gasteiger partial charge on any atom is -0.496 e. The van der Waals surface area contributed by atoms with Crippen molar-refractivity contribution in [3.8, 4) is 17.2 Å². The predicted molar refractivity (Wildman–Crippen MR) is 87.8 cm³/mol. The largest absolute Gasteiger partial charge is 0.496 e. The predicted octanol–water partition coefficient (Wildman–Crippen LogP) is 3.56. The topological polar surface area (TPSA) is 39.7 Å². The summed E-state index contributed by atoms with van der Waals surface area (Å²) < 4.78 is 16.1. The molecule has 0 aromatic heterocycles. The summed E-state index contributed by atoms with van der Waals surface area (Å²) >= 11 is 0. The highest BCUT2D eigenvalue weighted by atomic mass is 16.5. The van der Waals surface area contributed by atoms with Crippen molar-refractivity contribution in [2.75, 3.05) is 21.3 Å². The summed E-state index contributed by atoms with van der Waals surface area (Å²) in [6.07, 6.45) is 0. The molecular weight excluding hydrogens is 278 g/mol. The fraction of sp³-hybridized carbons (Fsp3) is 0.333. The summed E-state index contributed by atoms with van der Waals surface area (Å²) in [5.74, 6) is 2.15. The van der Waals surface area contributed by atoms with Crippen LogP contribution in [-0.4, -0.2) is 21.3 Å². The molecule has 0 radical (unpaired) electrons. The Labute approximate surface area is 132 Å². The van der Waals surface area contributed by atoms with Crippen LogP contribution in [0, 0.1) is 0 Å². The van der Waals surface area contributed by atoms with Crippen molar-refractivity contribution in [2.45, 2.75) is 19.5 Å². The van der Waals surface area contributed by atoms with Crippen molar-refractivity contribution < 1.29 is 14.2 Å². The lowest BCUT2D eigenvalue weighted by Gasteiger charge is -2.17. The van der Waals surface area contributed by atoms with E-state index in [1.165, 1.54) is 5.56 Å². The molecule has 22 heavy (non-hydrogen) atoms. The van der Waals surface area contributed by atoms with Crippen LogP contribution in [0.1, 0.15) is 24.1 Å². The lowest BCUT2D eigenvalue weighted by Crippen LogP contribution is -2.18. The minimum absolute atomic E-state index is 0.249. The Morgan fingerprint density at radius 2 is 1.45 bits per heavy atom. The highest BCUT2D eigenvalue weighted by molar-refractivity contribution is 5.50. The molecule has 4 nitrogen and oxygen atoms in total. The van der Waals surface area contributed by atoms with Gasteiger partial charge in [0.2, 0.25) is 0 Å². The van der Waals surface area contributed by atoms with E-state index in [1.54, 1.807) is 21.3 Å². The summed E-state index contributed by atoms with van der Waals surface area (Å²) in [7, 11) is 4.91. The van der Waals surface area contributed by atoms with Crippen LogP contribution in [0.4, 0.5) is 0 Å². The Hall–Kier alpha value is -2.20. The van der Waals surface area contributed by atoms with Gasteiger partial charge in [-0.3, -0.25) is 0 Å². The van der Waals surface area contributed by atoms with Crippen LogP contribution in [0.3, 0.4) is 0 Å². The Morgan fingerprint density at radius 1 is 0.864 bits per heavy atom. The Bertz CT molecular complexity index is 599. The molecule has 0 spiro atoms. The maximum atomic E-state index is 5.45. The summed E-state index contributed by atoms with van der Waals surface area (Å²) in [6.45, 7) is 2.82. The lowest BCUT2D eigenvalue weighted by atomic mass is 10.1. The van der Waals surface area contributed by atoms with Crippen LogP contribution in [0.2, 0.25) is 0 Å². The Morgan fingerprint density at radius 3 is 2.05 bits per heavy atom. The Balaban J connectivity index is 2.15. The molecule has 2 aromatic rings. The first-order valence-electron chi connectivity index (χ1n) is 7.26. The van der Waals surface area contributed by atoms with Gasteiger partial charge in [0.15, 0.2) is 11.5 Å². The maximum Gasteiger partial charge on any atom is 0.164 e. The van der Waals surface area contributed by atoms with E-state index in [-0.39, 0.29) is 6.04 Å². The number of benzene rings is 2. The van der Waals surface area contributed by atoms with Crippen LogP contribution in [0.25, 0.3) is 0 Å². The van der Waals surface area contributed by atoms with E-state index in [0.717, 1.165) is 11.3 Å². The number of hydrogen-bond acceptors (Lipinski definition) is 4. The highest BCUT2D eigenvalue weighted by Crippen LogP contribution is 2.34. The molecule has 0 saturated heterocycles. The van der Waals surface area contributed by atoms with Gasteiger partial charge in [-0.15, -0.1) is 0 Å². The zero-order valence-corrected chi connectivity index (χ0v) is 13.6. The zero-order valence-electron chi connectivity index (χ0n) is 13.6. The van der Waals surface area contributed by atoms with Crippen LogP contribution < -0.4 is 19.5 Å². The fourth-order valence-electron chi connectivity index (χ4n) is 2.35. The van der Waals surface area contributed by atoms with Gasteiger partial charge in [0.05, 0.1) is 21.3 Å². The molecule has 2 aromatic carbocycles. The summed E-state index contributed by atoms with van der Waals surface area (Å²) in [5, 5.41) is 3.50. The molecule has 0 saturated carbocycles. The number of ether oxygens (including phenoxy) is 3. The van der Waals surface area contributed by atoms with Crippen molar-refractivity contribution in [2.24, 2.45) is 0 Å². The first-order chi connectivity index (χ1) is 10.7. The summed E-state index contributed by atoms with van der Waals surface area (Å²) in [5.41, 5.74) is 2.28. The standard InChI is InChI=1S/C18H23NO3/c1-13(14-8-6-5-7-9-14)19-12-15-10-17(21-3)18(22-4)11-16(15)20-2/h5-11,13,19H,12H2,1-4H3/t13-/m0/s1. The maximum absolute atomic E-state index is 5.45. The van der Waals surface area contributed by atoms with E-state index >= 15 is 0 Å². The average molecular weight is 301 g/mol. The van der Waals surface area contributed by atoms with Crippen molar-refractivity contribution in [3.05, 3.63) is 53.6 Å². The van der Waals surface area contributed by atoms with Crippen LogP contribution >= 0.6 is 0 Å². The molecule has 0 unspecified atom stereocenters. The van der Waals surface area contributed by atoms with Gasteiger partial charge in [-0.25, -0.2) is 0 Å². The quantitative estimate of drug-likeness (QED) is 0.849. The number of nitrogens with one attached hydrogen (secondary N) is 1. The van der Waals surface area contributed by atoms with Crippen molar-refractivity contribution in [1.82, 2.24) is 5.32 Å². The van der Waals surface area contributed by atoms with Gasteiger partial charge in [-0.1, -0.05) is 30.3 Å². The molecule has 0 aliphatic heterocycles. The monoisotopic (exact) mass is 301 g/mol. The van der Waals surface area contributed by atoms with Crippen LogP contribution in [0.5, 0.6) is 17.2 Å². The van der Waals surface area contributed by atoms with Crippen molar-refractivity contribution >= 4 is 0 Å². The third-order valence-corrected chi connectivity index (χ3v) is 3.68. The first kappa shape index (κ1) is 16.2. The second kappa shape index (κ2) is 7.71. The van der Waals surface area contributed by atoms with Crippen molar-refractivity contribution in [1.29, 1.82) is 0 Å². The van der Waals surface area contributed by atoms with E-state index in [0.29, 0.717) is 18.0 Å². The molecule has 2 rings (SSSR count). The van der Waals surface area contributed by atoms with Gasteiger partial charge in [0.25, 0.3) is 0 Å². The van der Waals surface area contributed by atoms with E-state index in [1.807, 2.05) is 30.3 Å². The normalized spacial score (nSPS) is 11.8. The van der Waals surface area contributed by atoms with E-state index in [9.17, 15) is 0 Å². The number of methoxy groups -OCH3 is 3. The van der Waals surface area contributed by atoms with Crippen molar-refractivity contribution in [3.63, 3.8) is 0 Å². The molecule has 1 N–H and O–H groups in total. The Kier molecular flexibility index (Phi) is 5.67. The molecule has 0 bridgehead atoms. The van der Waals surface area contributed by atoms with Crippen LogP contribution in [0.15, 0.2) is 42.5 Å². The van der Waals surface area contributed by atoms with Gasteiger partial charge in [0, 0.05) is 24.2 Å². The molecule has 4 heteroatoms. The van der Waals surface area contributed by atoms with E-state index in [2.05, 4.69) is 24.4 Å². The molecule has 0 aliphatic carbocycles. The lowest BCUT2D eigenvalue weighted by molar-refractivity contribution is 0.346. The zero-order chi connectivity index (χ0) is 15.9. The van der Waals surface area contributed by atoms with Crippen LogP contribution in [-0.2, 0) is 6.54 Å². The molecule has 118 valence electrons. The summed E-state index contributed by atoms with van der Waals surface area (Å²) in [6, 6.07) is 14.4. The minimum atomic E-state index is 0.249. The van der Waals surface area contributed by atoms with Gasteiger partial charge in [-0.2, -0.15) is 0 Å². The van der Waals surface area contributed by atoms with Gasteiger partial charge in [-0.05, 0) is 18.6 Å². The smallest absolute Gasteiger partial charge is 0.164 e. The second-order valence-electron chi connectivity index (χ2n) is 5.03. The van der Waals surface area contributed by atoms with E-state index < -0.39 is 0 Å². The number of rotatable bonds is 7. The fourth-order valence-corrected chi connectivity index (χ4v) is 2.35. The molecular formula is C18H23NO3. The third kappa shape index (κ3) is 3.71. The molecule has 0 amide bonds. The summed E-state index contributed by atoms with van der Waals surface area (Å²) in [4.78, 5) is 0. The third-order valence-electron chi connectivity index (χ3n) is 3.68. The molecule has 0 fully saturated rings. The molecule has 0 heterocycles.